The van der Waals surface area contributed by atoms with Crippen molar-refractivity contribution < 1.29 is 17.9 Å². The van der Waals surface area contributed by atoms with E-state index >= 15 is 0 Å². The van der Waals surface area contributed by atoms with Gasteiger partial charge >= 0.3 is 0 Å². The van der Waals surface area contributed by atoms with Gasteiger partial charge in [-0.05, 0) is 42.0 Å². The number of fused-ring (bicyclic) bond motifs is 1. The van der Waals surface area contributed by atoms with Crippen molar-refractivity contribution in [3.63, 3.8) is 0 Å². The summed E-state index contributed by atoms with van der Waals surface area (Å²) >= 11 is 0. The zero-order chi connectivity index (χ0) is 17.2. The van der Waals surface area contributed by atoms with E-state index in [9.17, 15) is 8.42 Å². The van der Waals surface area contributed by atoms with Crippen LogP contribution < -0.4 is 14.2 Å². The van der Waals surface area contributed by atoms with Crippen molar-refractivity contribution in [3.8, 4) is 11.5 Å². The lowest BCUT2D eigenvalue weighted by molar-refractivity contribution is 0.265. The molecule has 0 fully saturated rings. The number of nitrogens with zero attached hydrogens (tertiary/aromatic N) is 1. The van der Waals surface area contributed by atoms with Gasteiger partial charge in [0.15, 0.2) is 11.5 Å². The Labute approximate surface area is 139 Å². The molecular weight excluding hydrogens is 316 g/mol. The molecule has 7 heteroatoms. The molecule has 1 aliphatic rings. The maximum absolute atomic E-state index is 12.4. The van der Waals surface area contributed by atoms with Gasteiger partial charge in [0.25, 0.3) is 10.2 Å². The molecule has 0 radical (unpaired) electrons. The Kier molecular flexibility index (Phi) is 5.54. The zero-order valence-electron chi connectivity index (χ0n) is 14.4. The van der Waals surface area contributed by atoms with Crippen LogP contribution in [0.2, 0.25) is 0 Å². The van der Waals surface area contributed by atoms with Crippen LogP contribution in [-0.2, 0) is 16.6 Å². The Morgan fingerprint density at radius 3 is 2.39 bits per heavy atom. The fourth-order valence-corrected chi connectivity index (χ4v) is 4.20. The normalized spacial score (nSPS) is 18.8. The second-order valence-corrected chi connectivity index (χ2v) is 7.95. The Balaban J connectivity index is 2.54. The van der Waals surface area contributed by atoms with E-state index in [1.54, 1.807) is 18.5 Å². The SMILES string of the molecule is CNS(=O)(=O)N1CCc2cc(OC)c(OC)cc2C1CC(C)C. The molecule has 1 aliphatic heterocycles. The van der Waals surface area contributed by atoms with E-state index in [2.05, 4.69) is 18.6 Å². The van der Waals surface area contributed by atoms with Crippen molar-refractivity contribution in [3.05, 3.63) is 23.3 Å². The van der Waals surface area contributed by atoms with Crippen molar-refractivity contribution in [2.45, 2.75) is 32.7 Å². The molecule has 130 valence electrons. The lowest BCUT2D eigenvalue weighted by Gasteiger charge is -2.37. The molecule has 0 bridgehead atoms. The summed E-state index contributed by atoms with van der Waals surface area (Å²) in [5.41, 5.74) is 2.12. The summed E-state index contributed by atoms with van der Waals surface area (Å²) in [6, 6.07) is 3.68. The minimum atomic E-state index is -3.48. The number of hydrogen-bond donors (Lipinski definition) is 1. The summed E-state index contributed by atoms with van der Waals surface area (Å²) in [6.45, 7) is 4.65. The van der Waals surface area contributed by atoms with Crippen molar-refractivity contribution >= 4 is 10.2 Å². The van der Waals surface area contributed by atoms with Crippen LogP contribution in [0.3, 0.4) is 0 Å². The van der Waals surface area contributed by atoms with E-state index in [1.165, 1.54) is 7.05 Å². The van der Waals surface area contributed by atoms with E-state index in [0.717, 1.165) is 17.5 Å². The first-order chi connectivity index (χ1) is 10.8. The van der Waals surface area contributed by atoms with E-state index in [-0.39, 0.29) is 6.04 Å². The predicted molar refractivity (Wildman–Crippen MR) is 90.1 cm³/mol. The highest BCUT2D eigenvalue weighted by molar-refractivity contribution is 7.87. The molecule has 0 saturated heterocycles. The molecule has 1 atom stereocenters. The van der Waals surface area contributed by atoms with Crippen LogP contribution in [0.25, 0.3) is 0 Å². The third kappa shape index (κ3) is 3.62. The fourth-order valence-electron chi connectivity index (χ4n) is 3.10. The summed E-state index contributed by atoms with van der Waals surface area (Å²) in [5.74, 6) is 1.68. The number of benzene rings is 1. The molecule has 23 heavy (non-hydrogen) atoms. The van der Waals surface area contributed by atoms with Gasteiger partial charge in [0.1, 0.15) is 0 Å². The summed E-state index contributed by atoms with van der Waals surface area (Å²) in [7, 11) is 1.17. The molecule has 0 saturated carbocycles. The first-order valence-corrected chi connectivity index (χ1v) is 9.23. The van der Waals surface area contributed by atoms with Crippen LogP contribution in [0.1, 0.15) is 37.4 Å². The second-order valence-electron chi connectivity index (χ2n) is 6.12. The lowest BCUT2D eigenvalue weighted by atomic mass is 9.89. The Hall–Kier alpha value is -1.31. The summed E-state index contributed by atoms with van der Waals surface area (Å²) in [4.78, 5) is 0. The van der Waals surface area contributed by atoms with E-state index in [0.29, 0.717) is 30.4 Å². The van der Waals surface area contributed by atoms with Crippen molar-refractivity contribution in [2.75, 3.05) is 27.8 Å². The Morgan fingerprint density at radius 1 is 1.26 bits per heavy atom. The summed E-state index contributed by atoms with van der Waals surface area (Å²) in [5, 5.41) is 0. The Morgan fingerprint density at radius 2 is 1.87 bits per heavy atom. The third-order valence-corrected chi connectivity index (χ3v) is 5.79. The fraction of sp³-hybridized carbons (Fsp3) is 0.625. The van der Waals surface area contributed by atoms with Crippen molar-refractivity contribution in [2.24, 2.45) is 5.92 Å². The molecule has 2 rings (SSSR count). The molecule has 0 aliphatic carbocycles. The van der Waals surface area contributed by atoms with Crippen LogP contribution >= 0.6 is 0 Å². The highest BCUT2D eigenvalue weighted by Gasteiger charge is 2.35. The van der Waals surface area contributed by atoms with Gasteiger partial charge in [-0.1, -0.05) is 13.8 Å². The topological polar surface area (TPSA) is 67.9 Å². The number of nitrogens with one attached hydrogen (secondary N) is 1. The second kappa shape index (κ2) is 7.07. The number of methoxy groups -OCH3 is 2. The molecular formula is C16H26N2O4S. The predicted octanol–water partition coefficient (Wildman–Crippen LogP) is 2.11. The van der Waals surface area contributed by atoms with E-state index in [1.807, 2.05) is 12.1 Å². The standard InChI is InChI=1S/C16H26N2O4S/c1-11(2)8-14-13-10-16(22-5)15(21-4)9-12(13)6-7-18(14)23(19,20)17-3/h9-11,14,17H,6-8H2,1-5H3. The van der Waals surface area contributed by atoms with Crippen LogP contribution in [0.4, 0.5) is 0 Å². The van der Waals surface area contributed by atoms with Crippen molar-refractivity contribution in [1.29, 1.82) is 0 Å². The summed E-state index contributed by atoms with van der Waals surface area (Å²) < 4.78 is 39.5. The van der Waals surface area contributed by atoms with Crippen molar-refractivity contribution in [1.82, 2.24) is 9.03 Å². The number of ether oxygens (including phenoxy) is 2. The first kappa shape index (κ1) is 18.0. The van der Waals surface area contributed by atoms with Crippen LogP contribution in [0.15, 0.2) is 12.1 Å². The van der Waals surface area contributed by atoms with Crippen LogP contribution in [0.5, 0.6) is 11.5 Å². The highest BCUT2D eigenvalue weighted by atomic mass is 32.2. The van der Waals surface area contributed by atoms with Gasteiger partial charge in [0.2, 0.25) is 0 Å². The highest BCUT2D eigenvalue weighted by Crippen LogP contribution is 2.41. The van der Waals surface area contributed by atoms with Crippen LogP contribution in [0, 0.1) is 5.92 Å². The van der Waals surface area contributed by atoms with Gasteiger partial charge in [0.05, 0.1) is 20.3 Å². The van der Waals surface area contributed by atoms with E-state index in [4.69, 9.17) is 9.47 Å². The lowest BCUT2D eigenvalue weighted by Crippen LogP contribution is -2.45. The van der Waals surface area contributed by atoms with Gasteiger partial charge in [-0.25, -0.2) is 4.72 Å². The maximum atomic E-state index is 12.4. The number of rotatable bonds is 6. The largest absolute Gasteiger partial charge is 0.493 e. The Bertz CT molecular complexity index is 658. The minimum Gasteiger partial charge on any atom is -0.493 e. The molecule has 0 spiro atoms. The average Bonchev–Trinajstić information content (AvgIpc) is 2.53. The first-order valence-electron chi connectivity index (χ1n) is 7.79. The van der Waals surface area contributed by atoms with Gasteiger partial charge < -0.3 is 9.47 Å². The quantitative estimate of drug-likeness (QED) is 0.860. The van der Waals surface area contributed by atoms with E-state index < -0.39 is 10.2 Å². The summed E-state index contributed by atoms with van der Waals surface area (Å²) in [6.07, 6.45) is 1.41. The molecule has 1 unspecified atom stereocenters. The molecule has 1 N–H and O–H groups in total. The minimum absolute atomic E-state index is 0.198. The maximum Gasteiger partial charge on any atom is 0.279 e. The molecule has 1 heterocycles. The smallest absolute Gasteiger partial charge is 0.279 e. The molecule has 0 amide bonds. The van der Waals surface area contributed by atoms with Gasteiger partial charge in [0, 0.05) is 13.6 Å². The third-order valence-electron chi connectivity index (χ3n) is 4.21. The zero-order valence-corrected chi connectivity index (χ0v) is 15.2. The number of hydrogen-bond acceptors (Lipinski definition) is 4. The monoisotopic (exact) mass is 342 g/mol. The van der Waals surface area contributed by atoms with Gasteiger partial charge in [-0.15, -0.1) is 0 Å². The molecule has 0 aromatic heterocycles. The van der Waals surface area contributed by atoms with Crippen LogP contribution in [-0.4, -0.2) is 40.5 Å². The molecule has 1 aromatic rings. The molecule has 1 aromatic carbocycles. The van der Waals surface area contributed by atoms with Gasteiger partial charge in [-0.3, -0.25) is 0 Å². The molecule has 6 nitrogen and oxygen atoms in total. The average molecular weight is 342 g/mol. The van der Waals surface area contributed by atoms with Gasteiger partial charge in [-0.2, -0.15) is 12.7 Å².